The summed E-state index contributed by atoms with van der Waals surface area (Å²) < 4.78 is 19.1. The predicted octanol–water partition coefficient (Wildman–Crippen LogP) is 2.09. The Balaban J connectivity index is 1.94. The number of hydrogen-bond acceptors (Lipinski definition) is 3. The molecule has 0 spiro atoms. The maximum atomic E-state index is 13.7. The van der Waals surface area contributed by atoms with E-state index in [2.05, 4.69) is 0 Å². The number of amides is 1. The van der Waals surface area contributed by atoms with Gasteiger partial charge in [0, 0.05) is 18.1 Å². The summed E-state index contributed by atoms with van der Waals surface area (Å²) in [5.41, 5.74) is 0.0455. The fraction of sp³-hybridized carbons (Fsp3) is 0.500. The minimum atomic E-state index is -0.596. The number of carbonyl (C=O) groups excluding carboxylic acids is 1. The normalized spacial score (nSPS) is 16.4. The number of benzene rings is 1. The van der Waals surface area contributed by atoms with Gasteiger partial charge in [-0.1, -0.05) is 11.6 Å². The van der Waals surface area contributed by atoms with E-state index >= 15 is 0 Å². The highest BCUT2D eigenvalue weighted by molar-refractivity contribution is 6.30. The largest absolute Gasteiger partial charge is 0.394 e. The van der Waals surface area contributed by atoms with Gasteiger partial charge in [-0.2, -0.15) is 0 Å². The third-order valence-electron chi connectivity index (χ3n) is 3.34. The quantitative estimate of drug-likeness (QED) is 0.926. The number of piperidine rings is 1. The number of rotatable bonds is 4. The molecule has 1 N–H and O–H groups in total. The van der Waals surface area contributed by atoms with Crippen LogP contribution in [0.5, 0.6) is 0 Å². The molecule has 0 saturated carbocycles. The zero-order valence-electron chi connectivity index (χ0n) is 11.0. The molecule has 0 aliphatic carbocycles. The van der Waals surface area contributed by atoms with Crippen LogP contribution >= 0.6 is 11.6 Å². The van der Waals surface area contributed by atoms with Crippen molar-refractivity contribution in [2.45, 2.75) is 18.9 Å². The van der Waals surface area contributed by atoms with Gasteiger partial charge in [-0.3, -0.25) is 4.79 Å². The first-order chi connectivity index (χ1) is 9.61. The fourth-order valence-corrected chi connectivity index (χ4v) is 2.44. The standard InChI is InChI=1S/C14H17ClFNO3/c15-10-1-2-12(13(16)9-10)14(19)17-5-3-11(4-6-17)20-8-7-18/h1-2,9,11,18H,3-8H2. The molecule has 0 unspecified atom stereocenters. The topological polar surface area (TPSA) is 49.8 Å². The molecule has 6 heteroatoms. The molecule has 1 saturated heterocycles. The molecule has 0 atom stereocenters. The first kappa shape index (κ1) is 15.2. The summed E-state index contributed by atoms with van der Waals surface area (Å²) in [6, 6.07) is 4.06. The van der Waals surface area contributed by atoms with Crippen LogP contribution in [0.15, 0.2) is 18.2 Å². The maximum absolute atomic E-state index is 13.7. The molecular formula is C14H17ClFNO3. The smallest absolute Gasteiger partial charge is 0.256 e. The minimum absolute atomic E-state index is 0.00483. The zero-order valence-corrected chi connectivity index (χ0v) is 11.8. The highest BCUT2D eigenvalue weighted by Crippen LogP contribution is 2.20. The van der Waals surface area contributed by atoms with Gasteiger partial charge in [-0.15, -0.1) is 0 Å². The maximum Gasteiger partial charge on any atom is 0.256 e. The van der Waals surface area contributed by atoms with Crippen LogP contribution in [0, 0.1) is 5.82 Å². The second kappa shape index (κ2) is 7.02. The number of aliphatic hydroxyl groups excluding tert-OH is 1. The summed E-state index contributed by atoms with van der Waals surface area (Å²) in [7, 11) is 0. The van der Waals surface area contributed by atoms with Gasteiger partial charge >= 0.3 is 0 Å². The van der Waals surface area contributed by atoms with Gasteiger partial charge < -0.3 is 14.7 Å². The van der Waals surface area contributed by atoms with Gasteiger partial charge in [0.2, 0.25) is 0 Å². The van der Waals surface area contributed by atoms with Crippen LogP contribution < -0.4 is 0 Å². The van der Waals surface area contributed by atoms with Crippen molar-refractivity contribution in [1.82, 2.24) is 4.90 Å². The van der Waals surface area contributed by atoms with Crippen molar-refractivity contribution in [2.24, 2.45) is 0 Å². The Morgan fingerprint density at radius 1 is 1.45 bits per heavy atom. The summed E-state index contributed by atoms with van der Waals surface area (Å²) in [5, 5.41) is 8.97. The lowest BCUT2D eigenvalue weighted by Crippen LogP contribution is -2.41. The summed E-state index contributed by atoms with van der Waals surface area (Å²) in [6.45, 7) is 1.35. The van der Waals surface area contributed by atoms with Gasteiger partial charge in [-0.25, -0.2) is 4.39 Å². The molecule has 20 heavy (non-hydrogen) atoms. The van der Waals surface area contributed by atoms with Gasteiger partial charge in [-0.05, 0) is 31.0 Å². The molecule has 2 rings (SSSR count). The number of aliphatic hydroxyl groups is 1. The molecular weight excluding hydrogens is 285 g/mol. The van der Waals surface area contributed by atoms with Crippen LogP contribution in [0.3, 0.4) is 0 Å². The van der Waals surface area contributed by atoms with E-state index in [1.54, 1.807) is 4.90 Å². The Labute approximate surface area is 122 Å². The molecule has 1 aromatic carbocycles. The Morgan fingerprint density at radius 3 is 2.75 bits per heavy atom. The van der Waals surface area contributed by atoms with Crippen LogP contribution in [0.1, 0.15) is 23.2 Å². The summed E-state index contributed by atoms with van der Waals surface area (Å²) in [5.74, 6) is -0.916. The van der Waals surface area contributed by atoms with Gasteiger partial charge in [0.25, 0.3) is 5.91 Å². The molecule has 1 heterocycles. The van der Waals surface area contributed by atoms with E-state index in [0.717, 1.165) is 6.07 Å². The van der Waals surface area contributed by atoms with E-state index in [9.17, 15) is 9.18 Å². The number of likely N-dealkylation sites (tertiary alicyclic amines) is 1. The summed E-state index contributed by atoms with van der Waals surface area (Å²) >= 11 is 5.67. The van der Waals surface area contributed by atoms with E-state index in [-0.39, 0.29) is 29.2 Å². The van der Waals surface area contributed by atoms with Crippen LogP contribution in [0.2, 0.25) is 5.02 Å². The van der Waals surface area contributed by atoms with Crippen molar-refractivity contribution < 1.29 is 19.0 Å². The monoisotopic (exact) mass is 301 g/mol. The van der Waals surface area contributed by atoms with Crippen molar-refractivity contribution in [3.63, 3.8) is 0 Å². The first-order valence-corrected chi connectivity index (χ1v) is 6.96. The van der Waals surface area contributed by atoms with Crippen molar-refractivity contribution in [1.29, 1.82) is 0 Å². The van der Waals surface area contributed by atoms with Crippen LogP contribution in [-0.2, 0) is 4.74 Å². The van der Waals surface area contributed by atoms with Crippen LogP contribution in [0.4, 0.5) is 4.39 Å². The number of hydrogen-bond donors (Lipinski definition) is 1. The summed E-state index contributed by atoms with van der Waals surface area (Å²) in [6.07, 6.45) is 1.45. The molecule has 0 radical (unpaired) electrons. The molecule has 0 bridgehead atoms. The molecule has 1 aromatic rings. The average molecular weight is 302 g/mol. The van der Waals surface area contributed by atoms with E-state index in [4.69, 9.17) is 21.4 Å². The highest BCUT2D eigenvalue weighted by atomic mass is 35.5. The molecule has 110 valence electrons. The first-order valence-electron chi connectivity index (χ1n) is 6.58. The second-order valence-electron chi connectivity index (χ2n) is 4.71. The lowest BCUT2D eigenvalue weighted by Gasteiger charge is -2.32. The van der Waals surface area contributed by atoms with Crippen LogP contribution in [0.25, 0.3) is 0 Å². The third-order valence-corrected chi connectivity index (χ3v) is 3.57. The SMILES string of the molecule is O=C(c1ccc(Cl)cc1F)N1CCC(OCCO)CC1. The fourth-order valence-electron chi connectivity index (χ4n) is 2.28. The Morgan fingerprint density at radius 2 is 2.15 bits per heavy atom. The van der Waals surface area contributed by atoms with Crippen molar-refractivity contribution in [2.75, 3.05) is 26.3 Å². The average Bonchev–Trinajstić information content (AvgIpc) is 2.45. The van der Waals surface area contributed by atoms with Crippen molar-refractivity contribution >= 4 is 17.5 Å². The van der Waals surface area contributed by atoms with Crippen LogP contribution in [-0.4, -0.2) is 48.3 Å². The third kappa shape index (κ3) is 3.69. The zero-order chi connectivity index (χ0) is 14.5. The van der Waals surface area contributed by atoms with Crippen molar-refractivity contribution in [3.05, 3.63) is 34.6 Å². The second-order valence-corrected chi connectivity index (χ2v) is 5.15. The predicted molar refractivity (Wildman–Crippen MR) is 73.4 cm³/mol. The number of halogens is 2. The van der Waals surface area contributed by atoms with E-state index in [1.165, 1.54) is 12.1 Å². The lowest BCUT2D eigenvalue weighted by molar-refractivity contribution is -0.00561. The highest BCUT2D eigenvalue weighted by Gasteiger charge is 2.25. The van der Waals surface area contributed by atoms with Crippen molar-refractivity contribution in [3.8, 4) is 0 Å². The molecule has 1 fully saturated rings. The number of carbonyl (C=O) groups is 1. The lowest BCUT2D eigenvalue weighted by atomic mass is 10.1. The molecule has 1 amide bonds. The Hall–Kier alpha value is -1.17. The van der Waals surface area contributed by atoms with E-state index < -0.39 is 5.82 Å². The Kier molecular flexibility index (Phi) is 5.34. The minimum Gasteiger partial charge on any atom is -0.394 e. The molecule has 1 aliphatic rings. The van der Waals surface area contributed by atoms with E-state index in [0.29, 0.717) is 32.5 Å². The molecule has 0 aromatic heterocycles. The number of nitrogens with zero attached hydrogens (tertiary/aromatic N) is 1. The Bertz CT molecular complexity index is 475. The van der Waals surface area contributed by atoms with E-state index in [1.807, 2.05) is 0 Å². The van der Waals surface area contributed by atoms with Gasteiger partial charge in [0.15, 0.2) is 0 Å². The summed E-state index contributed by atoms with van der Waals surface area (Å²) in [4.78, 5) is 13.8. The van der Waals surface area contributed by atoms with Gasteiger partial charge in [0.1, 0.15) is 5.82 Å². The number of ether oxygens (including phenoxy) is 1. The molecule has 4 nitrogen and oxygen atoms in total. The van der Waals surface area contributed by atoms with Gasteiger partial charge in [0.05, 0.1) is 24.9 Å². The molecule has 1 aliphatic heterocycles.